The number of hydrogen-bond acceptors (Lipinski definition) is 2. The Labute approximate surface area is 431 Å². The Morgan fingerprint density at radius 2 is 0.907 bits per heavy atom. The highest BCUT2D eigenvalue weighted by atomic mass is 15.2. The minimum absolute atomic E-state index is 0.222. The molecule has 0 amide bonds. The predicted molar refractivity (Wildman–Crippen MR) is 315 cm³/mol. The lowest BCUT2D eigenvalue weighted by molar-refractivity contribution is 0.667. The highest BCUT2D eigenvalue weighted by molar-refractivity contribution is 6.30. The average Bonchev–Trinajstić information content (AvgIpc) is 4.31. The summed E-state index contributed by atoms with van der Waals surface area (Å²) < 4.78 is 4.77. The van der Waals surface area contributed by atoms with Gasteiger partial charge in [0.25, 0.3) is 0 Å². The molecule has 1 aliphatic rings. The second-order valence-electron chi connectivity index (χ2n) is 21.2. The van der Waals surface area contributed by atoms with Crippen LogP contribution in [0, 0.1) is 0 Å². The van der Waals surface area contributed by atoms with E-state index in [0.29, 0.717) is 5.95 Å². The smallest absolute Gasteiger partial charge is 0.235 e. The molecular weight excluding hydrogens is 909 g/mol. The maximum atomic E-state index is 5.54. The molecule has 16 aromatic rings. The van der Waals surface area contributed by atoms with Gasteiger partial charge in [0.2, 0.25) is 5.95 Å². The van der Waals surface area contributed by atoms with Gasteiger partial charge in [0.05, 0.1) is 38.8 Å². The Morgan fingerprint density at radius 3 is 1.69 bits per heavy atom. The van der Waals surface area contributed by atoms with Crippen molar-refractivity contribution in [2.24, 2.45) is 0 Å². The van der Waals surface area contributed by atoms with Crippen LogP contribution < -0.4 is 0 Å². The summed E-state index contributed by atoms with van der Waals surface area (Å²) in [7, 11) is 0. The monoisotopic (exact) mass is 952 g/mol. The van der Waals surface area contributed by atoms with Crippen LogP contribution in [-0.2, 0) is 5.41 Å². The first-order valence-corrected chi connectivity index (χ1v) is 26.1. The fraction of sp³-hybridized carbons (Fsp3) is 0.0423. The van der Waals surface area contributed by atoms with Crippen molar-refractivity contribution in [3.8, 4) is 50.6 Å². The van der Waals surface area contributed by atoms with Gasteiger partial charge >= 0.3 is 0 Å². The molecule has 4 heteroatoms. The fourth-order valence-electron chi connectivity index (χ4n) is 13.7. The predicted octanol–water partition coefficient (Wildman–Crippen LogP) is 18.6. The second-order valence-corrected chi connectivity index (χ2v) is 21.2. The molecule has 4 aromatic heterocycles. The number of nitrogens with zero attached hydrogens (tertiary/aromatic N) is 4. The van der Waals surface area contributed by atoms with E-state index < -0.39 is 0 Å². The lowest BCUT2D eigenvalue weighted by Gasteiger charge is -2.24. The summed E-state index contributed by atoms with van der Waals surface area (Å²) in [6.45, 7) is 4.86. The van der Waals surface area contributed by atoms with Gasteiger partial charge in [-0.2, -0.15) is 0 Å². The van der Waals surface area contributed by atoms with Gasteiger partial charge in [-0.25, -0.2) is 9.97 Å². The highest BCUT2D eigenvalue weighted by Gasteiger charge is 2.38. The Balaban J connectivity index is 0.772. The topological polar surface area (TPSA) is 35.1 Å². The molecule has 0 N–H and O–H groups in total. The zero-order valence-electron chi connectivity index (χ0n) is 41.2. The molecule has 0 saturated carbocycles. The molecule has 0 spiro atoms. The maximum absolute atomic E-state index is 5.54. The van der Waals surface area contributed by atoms with Crippen LogP contribution in [0.25, 0.3) is 154 Å². The van der Waals surface area contributed by atoms with E-state index in [1.807, 2.05) is 0 Å². The zero-order valence-corrected chi connectivity index (χ0v) is 41.2. The molecule has 0 bridgehead atoms. The van der Waals surface area contributed by atoms with E-state index in [1.165, 1.54) is 110 Å². The molecule has 1 aliphatic carbocycles. The third-order valence-electron chi connectivity index (χ3n) is 17.0. The molecule has 17 rings (SSSR count). The van der Waals surface area contributed by atoms with Gasteiger partial charge in [0.1, 0.15) is 0 Å². The fourth-order valence-corrected chi connectivity index (χ4v) is 13.7. The maximum Gasteiger partial charge on any atom is 0.235 e. The summed E-state index contributed by atoms with van der Waals surface area (Å²) in [6, 6.07) is 84.9. The number of para-hydroxylation sites is 3. The van der Waals surface area contributed by atoms with Crippen LogP contribution in [0.4, 0.5) is 0 Å². The molecule has 4 heterocycles. The van der Waals surface area contributed by atoms with Crippen LogP contribution in [-0.4, -0.2) is 18.9 Å². The SMILES string of the molecule is CC1(C)c2cc(-c3ccc(-c4ccc5c(c4)c4ccccc4n5-c4nc(-c5ccccc5)c5c6ccccc6c6ccccc6c5n4)cc3)ccc2-c2ccc3ccc4c(c5cccc6c7ccccc7n4c65)c3c21. The standard InChI is InChI=1S/C71H44N4/c1-71(2)58-40-46(32-35-49(58)53-36-31-43-33-38-62-64(63(43)66(53)71)56-24-14-23-55-50-19-10-12-25-59(50)74(62)69(55)56)42-29-27-41(28-30-42)45-34-37-61-57(39-45)51-20-11-13-26-60(51)75(61)70-72-67(44-15-4-3-5-16-44)65-52-21-8-6-17-47(52)48-18-7-9-22-54(48)68(65)73-70/h3-40H,1-2H3. The van der Waals surface area contributed by atoms with Crippen molar-refractivity contribution < 1.29 is 0 Å². The van der Waals surface area contributed by atoms with E-state index in [2.05, 4.69) is 253 Å². The van der Waals surface area contributed by atoms with Crippen molar-refractivity contribution >= 4 is 103 Å². The molecule has 348 valence electrons. The zero-order chi connectivity index (χ0) is 49.3. The van der Waals surface area contributed by atoms with Crippen molar-refractivity contribution in [3.63, 3.8) is 0 Å². The Bertz CT molecular complexity index is 5130. The minimum atomic E-state index is -0.222. The van der Waals surface area contributed by atoms with Gasteiger partial charge in [0, 0.05) is 54.1 Å². The molecule has 0 fully saturated rings. The number of rotatable bonds is 4. The summed E-state index contributed by atoms with van der Waals surface area (Å²) in [5.74, 6) is 0.657. The summed E-state index contributed by atoms with van der Waals surface area (Å²) in [5, 5.41) is 16.0. The summed E-state index contributed by atoms with van der Waals surface area (Å²) in [6.07, 6.45) is 0. The van der Waals surface area contributed by atoms with E-state index >= 15 is 0 Å². The van der Waals surface area contributed by atoms with Gasteiger partial charge in [0.15, 0.2) is 0 Å². The van der Waals surface area contributed by atoms with Crippen LogP contribution in [0.15, 0.2) is 231 Å². The van der Waals surface area contributed by atoms with Gasteiger partial charge in [-0.15, -0.1) is 0 Å². The van der Waals surface area contributed by atoms with E-state index in [9.17, 15) is 0 Å². The normalized spacial score (nSPS) is 13.3. The van der Waals surface area contributed by atoms with Crippen molar-refractivity contribution in [2.45, 2.75) is 19.3 Å². The number of benzene rings is 12. The lowest BCUT2D eigenvalue weighted by atomic mass is 9.79. The third-order valence-corrected chi connectivity index (χ3v) is 17.0. The van der Waals surface area contributed by atoms with Gasteiger partial charge in [-0.05, 0) is 108 Å². The average molecular weight is 953 g/mol. The molecule has 0 atom stereocenters. The Morgan fingerprint density at radius 1 is 0.347 bits per heavy atom. The van der Waals surface area contributed by atoms with Crippen molar-refractivity contribution in [1.82, 2.24) is 18.9 Å². The quantitative estimate of drug-likeness (QED) is 0.165. The molecular formula is C71H44N4. The second kappa shape index (κ2) is 14.7. The highest BCUT2D eigenvalue weighted by Crippen LogP contribution is 2.55. The number of aromatic nitrogens is 4. The van der Waals surface area contributed by atoms with E-state index in [4.69, 9.17) is 9.97 Å². The van der Waals surface area contributed by atoms with Crippen molar-refractivity contribution in [3.05, 3.63) is 242 Å². The first-order valence-electron chi connectivity index (χ1n) is 26.1. The van der Waals surface area contributed by atoms with Crippen molar-refractivity contribution in [1.29, 1.82) is 0 Å². The molecule has 0 unspecified atom stereocenters. The lowest BCUT2D eigenvalue weighted by Crippen LogP contribution is -2.15. The molecule has 0 aliphatic heterocycles. The van der Waals surface area contributed by atoms with Gasteiger partial charge < -0.3 is 4.40 Å². The summed E-state index contributed by atoms with van der Waals surface area (Å²) in [4.78, 5) is 11.1. The van der Waals surface area contributed by atoms with Gasteiger partial charge in [-0.3, -0.25) is 4.57 Å². The van der Waals surface area contributed by atoms with Crippen LogP contribution in [0.5, 0.6) is 0 Å². The van der Waals surface area contributed by atoms with E-state index in [0.717, 1.165) is 49.4 Å². The van der Waals surface area contributed by atoms with Crippen LogP contribution in [0.1, 0.15) is 25.0 Å². The molecule has 0 radical (unpaired) electrons. The molecule has 75 heavy (non-hydrogen) atoms. The Kier molecular flexibility index (Phi) is 8.04. The van der Waals surface area contributed by atoms with Crippen molar-refractivity contribution in [2.75, 3.05) is 0 Å². The summed E-state index contributed by atoms with van der Waals surface area (Å²) in [5.41, 5.74) is 19.0. The van der Waals surface area contributed by atoms with Gasteiger partial charge in [-0.1, -0.05) is 208 Å². The minimum Gasteiger partial charge on any atom is -0.308 e. The molecule has 4 nitrogen and oxygen atoms in total. The van der Waals surface area contributed by atoms with E-state index in [1.54, 1.807) is 0 Å². The Hall–Kier alpha value is -9.64. The molecule has 12 aromatic carbocycles. The number of fused-ring (bicyclic) bond motifs is 21. The number of hydrogen-bond donors (Lipinski definition) is 0. The van der Waals surface area contributed by atoms with Crippen LogP contribution in [0.3, 0.4) is 0 Å². The van der Waals surface area contributed by atoms with Crippen LogP contribution >= 0.6 is 0 Å². The first-order chi connectivity index (χ1) is 37.0. The summed E-state index contributed by atoms with van der Waals surface area (Å²) >= 11 is 0. The van der Waals surface area contributed by atoms with E-state index in [-0.39, 0.29) is 5.41 Å². The van der Waals surface area contributed by atoms with Crippen LogP contribution in [0.2, 0.25) is 0 Å². The molecule has 0 saturated heterocycles. The first kappa shape index (κ1) is 40.9. The largest absolute Gasteiger partial charge is 0.308 e. The third kappa shape index (κ3) is 5.45.